The largest absolute Gasteiger partial charge is 0.288 e. The molecule has 3 aromatic rings. The highest BCUT2D eigenvalue weighted by Gasteiger charge is 2.23. The Hall–Kier alpha value is -2.37. The van der Waals surface area contributed by atoms with Crippen LogP contribution in [0.1, 0.15) is 30.5 Å². The third-order valence-corrected chi connectivity index (χ3v) is 5.21. The molecular weight excluding hydrogens is 316 g/mol. The molecule has 0 spiro atoms. The summed E-state index contributed by atoms with van der Waals surface area (Å²) in [5, 5.41) is 0. The van der Waals surface area contributed by atoms with Crippen molar-refractivity contribution in [3.63, 3.8) is 0 Å². The number of hydrogen-bond donors (Lipinski definition) is 0. The first-order chi connectivity index (χ1) is 10.7. The van der Waals surface area contributed by atoms with Crippen LogP contribution in [-0.4, -0.2) is 11.6 Å². The summed E-state index contributed by atoms with van der Waals surface area (Å²) in [6, 6.07) is 17.3. The monoisotopic (exact) mass is 326 g/mol. The van der Waals surface area contributed by atoms with Crippen molar-refractivity contribution in [2.24, 2.45) is 0 Å². The van der Waals surface area contributed by atoms with Crippen molar-refractivity contribution in [3.8, 4) is 0 Å². The van der Waals surface area contributed by atoms with E-state index in [2.05, 4.69) is 0 Å². The Morgan fingerprint density at radius 2 is 1.00 bits per heavy atom. The van der Waals surface area contributed by atoms with E-state index in [-0.39, 0.29) is 25.4 Å². The molecule has 1 aromatic heterocycles. The van der Waals surface area contributed by atoms with Crippen molar-refractivity contribution in [2.75, 3.05) is 0 Å². The zero-order valence-corrected chi connectivity index (χ0v) is 12.9. The Morgan fingerprint density at radius 1 is 0.636 bits per heavy atom. The third-order valence-electron chi connectivity index (χ3n) is 3.06. The van der Waals surface area contributed by atoms with E-state index in [0.717, 1.165) is 22.7 Å². The third kappa shape index (κ3) is 2.81. The lowest BCUT2D eigenvalue weighted by molar-refractivity contribution is 0.101. The quantitative estimate of drug-likeness (QED) is 0.688. The van der Waals surface area contributed by atoms with Crippen LogP contribution < -0.4 is 4.06 Å². The number of benzene rings is 2. The minimum absolute atomic E-state index is 0.218. The topological polar surface area (TPSA) is 51.2 Å². The van der Waals surface area contributed by atoms with Gasteiger partial charge in [-0.05, 0) is 0 Å². The van der Waals surface area contributed by atoms with Gasteiger partial charge in [-0.2, -0.15) is 0 Å². The van der Waals surface area contributed by atoms with Crippen molar-refractivity contribution in [3.05, 3.63) is 90.4 Å². The number of rotatable bonds is 4. The molecule has 1 heterocycles. The average Bonchev–Trinajstić information content (AvgIpc) is 2.97. The summed E-state index contributed by atoms with van der Waals surface area (Å²) in [6.07, 6.45) is 0. The van der Waals surface area contributed by atoms with Crippen molar-refractivity contribution in [1.29, 1.82) is 0 Å². The number of carbonyl (C=O) groups is 2. The highest BCUT2D eigenvalue weighted by Crippen LogP contribution is 2.24. The summed E-state index contributed by atoms with van der Waals surface area (Å²) < 4.78 is -0.251. The molecule has 0 aliphatic carbocycles. The fraction of sp³-hybridized carbons (Fsp3) is 0. The Labute approximate surface area is 134 Å². The second-order valence-electron chi connectivity index (χ2n) is 4.50. The van der Waals surface area contributed by atoms with Crippen LogP contribution >= 0.6 is 22.7 Å². The molecule has 0 saturated carbocycles. The van der Waals surface area contributed by atoms with Crippen molar-refractivity contribution in [2.45, 2.75) is 0 Å². The number of ketones is 2. The maximum atomic E-state index is 12.5. The molecule has 0 N–H and O–H groups in total. The van der Waals surface area contributed by atoms with E-state index in [1.165, 1.54) is 0 Å². The number of hydrogen-bond acceptors (Lipinski definition) is 5. The number of carbonyl (C=O) groups excluding carboxylic acids is 2. The molecule has 22 heavy (non-hydrogen) atoms. The highest BCUT2D eigenvalue weighted by molar-refractivity contribution is 7.30. The Balaban J connectivity index is 2.06. The molecule has 0 unspecified atom stereocenters. The first-order valence-corrected chi connectivity index (χ1v) is 8.13. The fourth-order valence-electron chi connectivity index (χ4n) is 2.02. The molecule has 0 aliphatic rings. The average molecular weight is 326 g/mol. The predicted molar refractivity (Wildman–Crippen MR) is 88.2 cm³/mol. The predicted octanol–water partition coefficient (Wildman–Crippen LogP) is 3.63. The summed E-state index contributed by atoms with van der Waals surface area (Å²) in [5.74, 6) is -0.577. The summed E-state index contributed by atoms with van der Waals surface area (Å²) >= 11 is 1.67. The van der Waals surface area contributed by atoms with Gasteiger partial charge in [-0.15, -0.1) is 0 Å². The minimum Gasteiger partial charge on any atom is -0.288 e. The van der Waals surface area contributed by atoms with Gasteiger partial charge in [-0.1, -0.05) is 83.3 Å². The maximum absolute atomic E-state index is 12.5. The lowest BCUT2D eigenvalue weighted by atomic mass is 10.1. The molecule has 0 amide bonds. The smallest absolute Gasteiger partial charge is 0.288 e. The molecule has 2 aromatic carbocycles. The van der Waals surface area contributed by atoms with Crippen LogP contribution in [0.15, 0.2) is 65.5 Å². The van der Waals surface area contributed by atoms with Gasteiger partial charge in [-0.3, -0.25) is 14.4 Å². The molecule has 3 rings (SSSR count). The molecule has 0 radical (unpaired) electrons. The van der Waals surface area contributed by atoms with Gasteiger partial charge < -0.3 is 0 Å². The van der Waals surface area contributed by atoms with Crippen LogP contribution in [0.25, 0.3) is 0 Å². The van der Waals surface area contributed by atoms with Gasteiger partial charge in [0.25, 0.3) is 4.06 Å². The summed E-state index contributed by atoms with van der Waals surface area (Å²) in [7, 11) is 0. The van der Waals surface area contributed by atoms with Crippen LogP contribution in [0.4, 0.5) is 0 Å². The lowest BCUT2D eigenvalue weighted by Crippen LogP contribution is -2.07. The summed E-state index contributed by atoms with van der Waals surface area (Å²) in [4.78, 5) is 37.2. The maximum Gasteiger partial charge on any atom is 0.288 e. The van der Waals surface area contributed by atoms with Gasteiger partial charge in [0.1, 0.15) is 9.75 Å². The van der Waals surface area contributed by atoms with E-state index in [0.29, 0.717) is 11.1 Å². The van der Waals surface area contributed by atoms with Gasteiger partial charge in [0.15, 0.2) is 0 Å². The Bertz CT molecular complexity index is 805. The fourth-order valence-corrected chi connectivity index (χ4v) is 4.06. The standard InChI is InChI=1S/C17H10O3S2/c18-13(11-7-3-1-4-8-11)15-16(22-17(20)21-15)14(19)12-9-5-2-6-10-12/h1-10H. The first-order valence-electron chi connectivity index (χ1n) is 6.50. The van der Waals surface area contributed by atoms with E-state index < -0.39 is 0 Å². The van der Waals surface area contributed by atoms with Crippen molar-refractivity contribution >= 4 is 34.2 Å². The van der Waals surface area contributed by atoms with Crippen LogP contribution in [0.5, 0.6) is 0 Å². The molecule has 108 valence electrons. The van der Waals surface area contributed by atoms with E-state index in [4.69, 9.17) is 0 Å². The minimum atomic E-state index is -0.289. The first kappa shape index (κ1) is 14.6. The van der Waals surface area contributed by atoms with Crippen molar-refractivity contribution < 1.29 is 9.59 Å². The van der Waals surface area contributed by atoms with Crippen LogP contribution in [0.3, 0.4) is 0 Å². The second-order valence-corrected chi connectivity index (χ2v) is 6.73. The molecule has 0 atom stereocenters. The molecule has 0 saturated heterocycles. The Morgan fingerprint density at radius 3 is 1.36 bits per heavy atom. The molecule has 0 aliphatic heterocycles. The highest BCUT2D eigenvalue weighted by atomic mass is 32.2. The second kappa shape index (κ2) is 6.17. The van der Waals surface area contributed by atoms with Crippen LogP contribution in [0.2, 0.25) is 0 Å². The molecule has 0 bridgehead atoms. The molecule has 3 nitrogen and oxygen atoms in total. The molecule has 0 fully saturated rings. The SMILES string of the molecule is O=C(c1ccccc1)c1sc(=O)sc1C(=O)c1ccccc1. The van der Waals surface area contributed by atoms with E-state index in [1.54, 1.807) is 48.5 Å². The van der Waals surface area contributed by atoms with Crippen LogP contribution in [-0.2, 0) is 0 Å². The normalized spacial score (nSPS) is 10.4. The summed E-state index contributed by atoms with van der Waals surface area (Å²) in [5.41, 5.74) is 0.942. The van der Waals surface area contributed by atoms with Gasteiger partial charge in [0, 0.05) is 11.1 Å². The zero-order chi connectivity index (χ0) is 15.5. The molecule has 5 heteroatoms. The van der Waals surface area contributed by atoms with Gasteiger partial charge in [0.05, 0.1) is 0 Å². The summed E-state index contributed by atoms with van der Waals surface area (Å²) in [6.45, 7) is 0. The van der Waals surface area contributed by atoms with Gasteiger partial charge in [0.2, 0.25) is 11.6 Å². The van der Waals surface area contributed by atoms with E-state index in [9.17, 15) is 14.4 Å². The van der Waals surface area contributed by atoms with E-state index in [1.807, 2.05) is 12.1 Å². The van der Waals surface area contributed by atoms with Crippen LogP contribution in [0, 0.1) is 0 Å². The lowest BCUT2D eigenvalue weighted by Gasteiger charge is -2.02. The van der Waals surface area contributed by atoms with Gasteiger partial charge in [-0.25, -0.2) is 0 Å². The zero-order valence-electron chi connectivity index (χ0n) is 11.3. The van der Waals surface area contributed by atoms with Crippen molar-refractivity contribution in [1.82, 2.24) is 0 Å². The molecular formula is C17H10O3S2. The van der Waals surface area contributed by atoms with Gasteiger partial charge >= 0.3 is 0 Å². The van der Waals surface area contributed by atoms with E-state index >= 15 is 0 Å². The Kier molecular flexibility index (Phi) is 4.09.